The molecule has 0 amide bonds. The second-order valence-corrected chi connectivity index (χ2v) is 4.82. The molecule has 0 radical (unpaired) electrons. The molecule has 3 heteroatoms. The summed E-state index contributed by atoms with van der Waals surface area (Å²) in [5, 5.41) is 0. The molecular formula is C14H22N2O. The molecule has 2 rings (SSSR count). The van der Waals surface area contributed by atoms with Gasteiger partial charge in [-0.2, -0.15) is 0 Å². The molecule has 0 spiro atoms. The molecular weight excluding hydrogens is 212 g/mol. The van der Waals surface area contributed by atoms with Crippen LogP contribution in [0.5, 0.6) is 5.88 Å². The molecule has 1 aromatic heterocycles. The van der Waals surface area contributed by atoms with Crippen LogP contribution in [0.3, 0.4) is 0 Å². The third-order valence-corrected chi connectivity index (χ3v) is 3.67. The Balaban J connectivity index is 1.98. The maximum absolute atomic E-state index is 6.01. The zero-order valence-corrected chi connectivity index (χ0v) is 10.6. The summed E-state index contributed by atoms with van der Waals surface area (Å²) in [6.07, 6.45) is 8.44. The van der Waals surface area contributed by atoms with E-state index in [2.05, 4.69) is 11.9 Å². The summed E-state index contributed by atoms with van der Waals surface area (Å²) in [4.78, 5) is 4.31. The van der Waals surface area contributed by atoms with Crippen molar-refractivity contribution < 1.29 is 4.74 Å². The summed E-state index contributed by atoms with van der Waals surface area (Å²) in [6.45, 7) is 2.78. The van der Waals surface area contributed by atoms with E-state index in [0.717, 1.165) is 11.4 Å². The van der Waals surface area contributed by atoms with Crippen molar-refractivity contribution in [3.05, 3.63) is 23.9 Å². The molecule has 1 aromatic rings. The number of nitrogens with two attached hydrogens (primary N) is 1. The van der Waals surface area contributed by atoms with Crippen molar-refractivity contribution in [2.24, 2.45) is 11.7 Å². The van der Waals surface area contributed by atoms with Gasteiger partial charge < -0.3 is 10.5 Å². The lowest BCUT2D eigenvalue weighted by molar-refractivity contribution is 0.0858. The van der Waals surface area contributed by atoms with Crippen LogP contribution in [0.2, 0.25) is 0 Å². The number of ether oxygens (including phenoxy) is 1. The number of pyridine rings is 1. The van der Waals surface area contributed by atoms with E-state index in [0.29, 0.717) is 18.6 Å². The number of aromatic nitrogens is 1. The van der Waals surface area contributed by atoms with Gasteiger partial charge in [0.1, 0.15) is 6.10 Å². The molecule has 1 aliphatic carbocycles. The Labute approximate surface area is 103 Å². The van der Waals surface area contributed by atoms with Crippen molar-refractivity contribution in [1.82, 2.24) is 4.98 Å². The summed E-state index contributed by atoms with van der Waals surface area (Å²) in [6, 6.07) is 3.93. The van der Waals surface area contributed by atoms with Gasteiger partial charge in [0.25, 0.3) is 0 Å². The van der Waals surface area contributed by atoms with E-state index < -0.39 is 0 Å². The maximum atomic E-state index is 6.01. The van der Waals surface area contributed by atoms with E-state index >= 15 is 0 Å². The van der Waals surface area contributed by atoms with Crippen molar-refractivity contribution in [3.8, 4) is 5.88 Å². The summed E-state index contributed by atoms with van der Waals surface area (Å²) in [5.41, 5.74) is 6.60. The van der Waals surface area contributed by atoms with Crippen LogP contribution in [-0.4, -0.2) is 11.1 Å². The first-order valence-corrected chi connectivity index (χ1v) is 6.65. The maximum Gasteiger partial charge on any atom is 0.213 e. The molecule has 94 valence electrons. The zero-order valence-electron chi connectivity index (χ0n) is 10.6. The molecule has 2 unspecified atom stereocenters. The van der Waals surface area contributed by atoms with Crippen LogP contribution in [0.25, 0.3) is 0 Å². The largest absolute Gasteiger partial charge is 0.474 e. The Morgan fingerprint density at radius 1 is 1.35 bits per heavy atom. The highest BCUT2D eigenvalue weighted by Crippen LogP contribution is 2.29. The number of nitrogens with zero attached hydrogens (tertiary/aromatic N) is 1. The van der Waals surface area contributed by atoms with Gasteiger partial charge >= 0.3 is 0 Å². The predicted octanol–water partition coefficient (Wildman–Crippen LogP) is 2.89. The van der Waals surface area contributed by atoms with Crippen molar-refractivity contribution in [2.45, 2.75) is 51.7 Å². The van der Waals surface area contributed by atoms with E-state index in [-0.39, 0.29) is 0 Å². The molecule has 1 aliphatic rings. The van der Waals surface area contributed by atoms with Crippen molar-refractivity contribution >= 4 is 0 Å². The van der Waals surface area contributed by atoms with Gasteiger partial charge in [-0.1, -0.05) is 19.4 Å². The molecule has 17 heavy (non-hydrogen) atoms. The highest BCUT2D eigenvalue weighted by Gasteiger charge is 2.25. The molecule has 3 nitrogen and oxygen atoms in total. The molecule has 2 atom stereocenters. The van der Waals surface area contributed by atoms with Gasteiger partial charge in [0.2, 0.25) is 5.88 Å². The minimum atomic E-state index is 0.352. The Bertz CT molecular complexity index is 337. The van der Waals surface area contributed by atoms with Crippen LogP contribution in [0.15, 0.2) is 18.3 Å². The van der Waals surface area contributed by atoms with Crippen LogP contribution >= 0.6 is 0 Å². The average molecular weight is 234 g/mol. The predicted molar refractivity (Wildman–Crippen MR) is 68.8 cm³/mol. The fourth-order valence-electron chi connectivity index (χ4n) is 2.55. The highest BCUT2D eigenvalue weighted by molar-refractivity contribution is 5.17. The van der Waals surface area contributed by atoms with E-state index in [9.17, 15) is 0 Å². The topological polar surface area (TPSA) is 48.1 Å². The van der Waals surface area contributed by atoms with Crippen molar-refractivity contribution in [1.29, 1.82) is 0 Å². The summed E-state index contributed by atoms with van der Waals surface area (Å²) < 4.78 is 6.01. The van der Waals surface area contributed by atoms with Crippen LogP contribution < -0.4 is 10.5 Å². The van der Waals surface area contributed by atoms with Crippen LogP contribution in [0, 0.1) is 5.92 Å². The normalized spacial score (nSPS) is 24.6. The minimum absolute atomic E-state index is 0.352. The molecule has 2 N–H and O–H groups in total. The molecule has 0 aromatic carbocycles. The van der Waals surface area contributed by atoms with E-state index in [4.69, 9.17) is 10.5 Å². The Kier molecular flexibility index (Phi) is 4.37. The van der Waals surface area contributed by atoms with Crippen molar-refractivity contribution in [3.63, 3.8) is 0 Å². The monoisotopic (exact) mass is 234 g/mol. The lowest BCUT2D eigenvalue weighted by atomic mass is 9.85. The van der Waals surface area contributed by atoms with Crippen LogP contribution in [-0.2, 0) is 6.54 Å². The Hall–Kier alpha value is -1.09. The SMILES string of the molecule is CCC1CCCCC1Oc1ccc(CN)cn1. The number of rotatable bonds is 4. The third-order valence-electron chi connectivity index (χ3n) is 3.67. The second-order valence-electron chi connectivity index (χ2n) is 4.82. The third kappa shape index (κ3) is 3.19. The Morgan fingerprint density at radius 3 is 2.82 bits per heavy atom. The standard InChI is InChI=1S/C14H22N2O/c1-2-12-5-3-4-6-13(12)17-14-8-7-11(9-15)10-16-14/h7-8,10,12-13H,2-6,9,15H2,1H3. The summed E-state index contributed by atoms with van der Waals surface area (Å²) >= 11 is 0. The number of hydrogen-bond donors (Lipinski definition) is 1. The first-order valence-electron chi connectivity index (χ1n) is 6.65. The van der Waals surface area contributed by atoms with Gasteiger partial charge in [-0.25, -0.2) is 4.98 Å². The average Bonchev–Trinajstić information content (AvgIpc) is 2.40. The number of hydrogen-bond acceptors (Lipinski definition) is 3. The molecule has 1 heterocycles. The van der Waals surface area contributed by atoms with Crippen LogP contribution in [0.1, 0.15) is 44.6 Å². The summed E-state index contributed by atoms with van der Waals surface area (Å²) in [5.74, 6) is 1.44. The lowest BCUT2D eigenvalue weighted by Crippen LogP contribution is -2.30. The lowest BCUT2D eigenvalue weighted by Gasteiger charge is -2.30. The second kappa shape index (κ2) is 6.01. The molecule has 0 saturated heterocycles. The van der Waals surface area contributed by atoms with Crippen LogP contribution in [0.4, 0.5) is 0 Å². The van der Waals surface area contributed by atoms with E-state index in [1.165, 1.54) is 32.1 Å². The van der Waals surface area contributed by atoms with Gasteiger partial charge in [-0.05, 0) is 37.2 Å². The van der Waals surface area contributed by atoms with Gasteiger partial charge in [0, 0.05) is 18.8 Å². The first kappa shape index (κ1) is 12.4. The Morgan fingerprint density at radius 2 is 2.18 bits per heavy atom. The van der Waals surface area contributed by atoms with Crippen molar-refractivity contribution in [2.75, 3.05) is 0 Å². The van der Waals surface area contributed by atoms with Gasteiger partial charge in [-0.3, -0.25) is 0 Å². The zero-order chi connectivity index (χ0) is 12.1. The minimum Gasteiger partial charge on any atom is -0.474 e. The van der Waals surface area contributed by atoms with E-state index in [1.54, 1.807) is 6.20 Å². The fourth-order valence-corrected chi connectivity index (χ4v) is 2.55. The molecule has 0 aliphatic heterocycles. The molecule has 1 saturated carbocycles. The van der Waals surface area contributed by atoms with Gasteiger partial charge in [-0.15, -0.1) is 0 Å². The molecule has 1 fully saturated rings. The molecule has 0 bridgehead atoms. The highest BCUT2D eigenvalue weighted by atomic mass is 16.5. The first-order chi connectivity index (χ1) is 8.33. The van der Waals surface area contributed by atoms with E-state index in [1.807, 2.05) is 12.1 Å². The van der Waals surface area contributed by atoms with Gasteiger partial charge in [0.15, 0.2) is 0 Å². The fraction of sp³-hybridized carbons (Fsp3) is 0.643. The van der Waals surface area contributed by atoms with Gasteiger partial charge in [0.05, 0.1) is 0 Å². The summed E-state index contributed by atoms with van der Waals surface area (Å²) in [7, 11) is 0. The quantitative estimate of drug-likeness (QED) is 0.871. The smallest absolute Gasteiger partial charge is 0.213 e.